The molecule has 2 heterocycles. The molecule has 3 aliphatic rings. The molecule has 164 valence electrons. The van der Waals surface area contributed by atoms with Crippen LogP contribution in [0.5, 0.6) is 0 Å². The number of nitrogens with one attached hydrogen (secondary N) is 1. The van der Waals surface area contributed by atoms with Crippen LogP contribution in [0.4, 0.5) is 4.79 Å². The third kappa shape index (κ3) is 4.88. The van der Waals surface area contributed by atoms with E-state index in [0.29, 0.717) is 17.6 Å². The zero-order chi connectivity index (χ0) is 21.3. The lowest BCUT2D eigenvalue weighted by Gasteiger charge is -2.33. The number of rotatable bonds is 3. The van der Waals surface area contributed by atoms with Crippen molar-refractivity contribution in [3.05, 3.63) is 34.9 Å². The predicted molar refractivity (Wildman–Crippen MR) is 118 cm³/mol. The minimum absolute atomic E-state index is 0.173. The average Bonchev–Trinajstić information content (AvgIpc) is 3.02. The number of ketones is 1. The number of carbonyl (C=O) groups is 2. The monoisotopic (exact) mass is 412 g/mol. The molecular formula is C25H36N2O3. The maximum absolute atomic E-state index is 12.9. The average molecular weight is 413 g/mol. The van der Waals surface area contributed by atoms with Crippen molar-refractivity contribution in [3.8, 4) is 0 Å². The molecule has 1 N–H and O–H groups in total. The van der Waals surface area contributed by atoms with Crippen molar-refractivity contribution in [1.29, 1.82) is 0 Å². The predicted octanol–water partition coefficient (Wildman–Crippen LogP) is 4.55. The van der Waals surface area contributed by atoms with E-state index in [1.54, 1.807) is 0 Å². The molecule has 5 nitrogen and oxygen atoms in total. The van der Waals surface area contributed by atoms with Gasteiger partial charge in [-0.1, -0.05) is 18.2 Å². The lowest BCUT2D eigenvalue weighted by atomic mass is 9.86. The second kappa shape index (κ2) is 8.70. The second-order valence-electron chi connectivity index (χ2n) is 10.4. The van der Waals surface area contributed by atoms with E-state index in [0.717, 1.165) is 57.4 Å². The number of Topliss-reactive ketones (excluding diaryl/α,β-unsaturated/α-hetero) is 1. The second-order valence-corrected chi connectivity index (χ2v) is 10.4. The SMILES string of the molecule is CC(C)(C)OC(=O)N1CCC(c2ccc3c(c2)CC(CC2CCNCC2)C3=O)CC1. The molecule has 4 rings (SSSR count). The van der Waals surface area contributed by atoms with Gasteiger partial charge in [-0.25, -0.2) is 4.79 Å². The van der Waals surface area contributed by atoms with Gasteiger partial charge >= 0.3 is 6.09 Å². The Balaban J connectivity index is 1.35. The van der Waals surface area contributed by atoms with E-state index in [1.807, 2.05) is 25.7 Å². The van der Waals surface area contributed by atoms with Crippen molar-refractivity contribution in [1.82, 2.24) is 10.2 Å². The Bertz CT molecular complexity index is 784. The Morgan fingerprint density at radius 2 is 1.83 bits per heavy atom. The van der Waals surface area contributed by atoms with Gasteiger partial charge in [-0.2, -0.15) is 0 Å². The number of benzene rings is 1. The van der Waals surface area contributed by atoms with Crippen molar-refractivity contribution in [3.63, 3.8) is 0 Å². The number of carbonyl (C=O) groups excluding carboxylic acids is 2. The molecule has 0 bridgehead atoms. The number of hydrogen-bond acceptors (Lipinski definition) is 4. The first kappa shape index (κ1) is 21.4. The van der Waals surface area contributed by atoms with Gasteiger partial charge in [0, 0.05) is 24.6 Å². The topological polar surface area (TPSA) is 58.6 Å². The van der Waals surface area contributed by atoms with Gasteiger partial charge in [-0.3, -0.25) is 4.79 Å². The standard InChI is InChI=1S/C25H36N2O3/c1-25(2,3)30-24(29)27-12-8-18(9-13-27)19-4-5-22-20(15-19)16-21(23(22)28)14-17-6-10-26-11-7-17/h4-5,15,17-18,21,26H,6-14,16H2,1-3H3. The first-order valence-corrected chi connectivity index (χ1v) is 11.7. The number of fused-ring (bicyclic) bond motifs is 1. The van der Waals surface area contributed by atoms with Crippen molar-refractivity contribution in [2.45, 2.75) is 70.8 Å². The van der Waals surface area contributed by atoms with Gasteiger partial charge in [-0.15, -0.1) is 0 Å². The number of nitrogens with zero attached hydrogens (tertiary/aromatic N) is 1. The summed E-state index contributed by atoms with van der Waals surface area (Å²) in [6.45, 7) is 9.35. The summed E-state index contributed by atoms with van der Waals surface area (Å²) in [7, 11) is 0. The molecule has 1 aromatic rings. The van der Waals surface area contributed by atoms with Crippen molar-refractivity contribution >= 4 is 11.9 Å². The fourth-order valence-electron chi connectivity index (χ4n) is 5.29. The number of piperidine rings is 2. The molecule has 0 aromatic heterocycles. The number of amides is 1. The fourth-order valence-corrected chi connectivity index (χ4v) is 5.29. The quantitative estimate of drug-likeness (QED) is 0.791. The highest BCUT2D eigenvalue weighted by molar-refractivity contribution is 6.02. The van der Waals surface area contributed by atoms with Crippen LogP contribution in [0.1, 0.15) is 80.3 Å². The van der Waals surface area contributed by atoms with Gasteiger partial charge in [0.15, 0.2) is 5.78 Å². The molecule has 0 radical (unpaired) electrons. The van der Waals surface area contributed by atoms with Crippen LogP contribution >= 0.6 is 0 Å². The normalized spacial score (nSPS) is 23.5. The molecule has 30 heavy (non-hydrogen) atoms. The molecule has 0 saturated carbocycles. The number of ether oxygens (including phenoxy) is 1. The number of hydrogen-bond donors (Lipinski definition) is 1. The van der Waals surface area contributed by atoms with Crippen LogP contribution in [0.3, 0.4) is 0 Å². The van der Waals surface area contributed by atoms with Crippen molar-refractivity contribution in [2.75, 3.05) is 26.2 Å². The van der Waals surface area contributed by atoms with E-state index >= 15 is 0 Å². The highest BCUT2D eigenvalue weighted by Gasteiger charge is 2.34. The van der Waals surface area contributed by atoms with Gasteiger partial charge in [0.05, 0.1) is 0 Å². The molecule has 2 saturated heterocycles. The van der Waals surface area contributed by atoms with Crippen LogP contribution in [0.25, 0.3) is 0 Å². The summed E-state index contributed by atoms with van der Waals surface area (Å²) in [4.78, 5) is 27.1. The van der Waals surface area contributed by atoms with Crippen LogP contribution in [0, 0.1) is 11.8 Å². The van der Waals surface area contributed by atoms with Crippen molar-refractivity contribution in [2.24, 2.45) is 11.8 Å². The smallest absolute Gasteiger partial charge is 0.410 e. The van der Waals surface area contributed by atoms with Crippen LogP contribution in [0.15, 0.2) is 18.2 Å². The van der Waals surface area contributed by atoms with Gasteiger partial charge in [0.2, 0.25) is 0 Å². The summed E-state index contributed by atoms with van der Waals surface area (Å²) in [5.74, 6) is 1.67. The van der Waals surface area contributed by atoms with E-state index in [1.165, 1.54) is 24.0 Å². The third-order valence-electron chi connectivity index (χ3n) is 6.93. The third-order valence-corrected chi connectivity index (χ3v) is 6.93. The van der Waals surface area contributed by atoms with Crippen LogP contribution < -0.4 is 5.32 Å². The molecule has 1 aromatic carbocycles. The zero-order valence-corrected chi connectivity index (χ0v) is 18.7. The molecule has 2 fully saturated rings. The summed E-state index contributed by atoms with van der Waals surface area (Å²) in [5.41, 5.74) is 3.06. The van der Waals surface area contributed by atoms with Gasteiger partial charge in [0.25, 0.3) is 0 Å². The summed E-state index contributed by atoms with van der Waals surface area (Å²) >= 11 is 0. The van der Waals surface area contributed by atoms with E-state index in [2.05, 4.69) is 23.5 Å². The Hall–Kier alpha value is -1.88. The lowest BCUT2D eigenvalue weighted by molar-refractivity contribution is 0.0204. The van der Waals surface area contributed by atoms with Gasteiger partial charge in [0.1, 0.15) is 5.60 Å². The van der Waals surface area contributed by atoms with Gasteiger partial charge < -0.3 is 15.0 Å². The molecule has 1 unspecified atom stereocenters. The Labute approximate surface area is 180 Å². The first-order chi connectivity index (χ1) is 14.3. The molecule has 1 amide bonds. The zero-order valence-electron chi connectivity index (χ0n) is 18.7. The van der Waals surface area contributed by atoms with Gasteiger partial charge in [-0.05, 0) is 95.3 Å². The Morgan fingerprint density at radius 1 is 1.13 bits per heavy atom. The lowest BCUT2D eigenvalue weighted by Crippen LogP contribution is -2.41. The maximum atomic E-state index is 12.9. The minimum Gasteiger partial charge on any atom is -0.444 e. The van der Waals surface area contributed by atoms with Crippen LogP contribution in [0.2, 0.25) is 0 Å². The number of likely N-dealkylation sites (tertiary alicyclic amines) is 1. The van der Waals surface area contributed by atoms with Crippen LogP contribution in [-0.4, -0.2) is 48.6 Å². The van der Waals surface area contributed by atoms with E-state index < -0.39 is 5.60 Å². The summed E-state index contributed by atoms with van der Waals surface area (Å²) in [5, 5.41) is 3.42. The fraction of sp³-hybridized carbons (Fsp3) is 0.680. The summed E-state index contributed by atoms with van der Waals surface area (Å²) < 4.78 is 5.51. The summed E-state index contributed by atoms with van der Waals surface area (Å²) in [6, 6.07) is 6.50. The molecule has 5 heteroatoms. The molecule has 1 atom stereocenters. The molecule has 1 aliphatic carbocycles. The Morgan fingerprint density at radius 3 is 2.50 bits per heavy atom. The highest BCUT2D eigenvalue weighted by Crippen LogP contribution is 2.36. The van der Waals surface area contributed by atoms with Crippen molar-refractivity contribution < 1.29 is 14.3 Å². The van der Waals surface area contributed by atoms with Crippen LogP contribution in [-0.2, 0) is 11.2 Å². The van der Waals surface area contributed by atoms with E-state index in [4.69, 9.17) is 4.74 Å². The molecule has 2 aliphatic heterocycles. The minimum atomic E-state index is -0.453. The largest absolute Gasteiger partial charge is 0.444 e. The first-order valence-electron chi connectivity index (χ1n) is 11.7. The Kier molecular flexibility index (Phi) is 6.19. The maximum Gasteiger partial charge on any atom is 0.410 e. The molecule has 0 spiro atoms. The molecular weight excluding hydrogens is 376 g/mol. The van der Waals surface area contributed by atoms with E-state index in [-0.39, 0.29) is 12.0 Å². The summed E-state index contributed by atoms with van der Waals surface area (Å²) in [6.07, 6.45) is 6.03. The highest BCUT2D eigenvalue weighted by atomic mass is 16.6. The van der Waals surface area contributed by atoms with E-state index in [9.17, 15) is 9.59 Å².